The van der Waals surface area contributed by atoms with Gasteiger partial charge < -0.3 is 11.3 Å². The molecule has 0 saturated carbocycles. The lowest BCUT2D eigenvalue weighted by Crippen LogP contribution is -2.19. The van der Waals surface area contributed by atoms with E-state index in [0.29, 0.717) is 6.61 Å². The van der Waals surface area contributed by atoms with Crippen molar-refractivity contribution in [1.29, 1.82) is 0 Å². The highest BCUT2D eigenvalue weighted by molar-refractivity contribution is 4.70. The maximum atomic E-state index is 9.01. The predicted molar refractivity (Wildman–Crippen MR) is 50.0 cm³/mol. The molecule has 0 saturated heterocycles. The lowest BCUT2D eigenvalue weighted by atomic mass is 9.83. The van der Waals surface area contributed by atoms with E-state index in [1.165, 1.54) is 12.8 Å². The van der Waals surface area contributed by atoms with E-state index in [9.17, 15) is 0 Å². The van der Waals surface area contributed by atoms with E-state index >= 15 is 0 Å². The lowest BCUT2D eigenvalue weighted by molar-refractivity contribution is 0.125. The van der Waals surface area contributed by atoms with Gasteiger partial charge in [-0.15, -0.1) is 0 Å². The highest BCUT2D eigenvalue weighted by Gasteiger charge is 2.19. The molecule has 1 atom stereocenters. The van der Waals surface area contributed by atoms with E-state index in [0.717, 1.165) is 12.8 Å². The van der Waals surface area contributed by atoms with Crippen LogP contribution in [0, 0.1) is 5.41 Å². The van der Waals surface area contributed by atoms with Gasteiger partial charge >= 0.3 is 0 Å². The van der Waals surface area contributed by atoms with Crippen LogP contribution in [0.4, 0.5) is 0 Å². The Hall–Kier alpha value is -0.0800. The fourth-order valence-electron chi connectivity index (χ4n) is 0.971. The van der Waals surface area contributed by atoms with Crippen LogP contribution in [0.2, 0.25) is 0 Å². The first-order valence-corrected chi connectivity index (χ1v) is 4.29. The Balaban J connectivity index is 0. The first kappa shape index (κ1) is 13.5. The minimum atomic E-state index is 0. The number of hydrogen-bond donors (Lipinski definition) is 2. The molecule has 11 heavy (non-hydrogen) atoms. The molecule has 0 aromatic heterocycles. The maximum Gasteiger partial charge on any atom is 0.0484 e. The summed E-state index contributed by atoms with van der Waals surface area (Å²) in [5.41, 5.74) is 0.190. The Kier molecular flexibility index (Phi) is 8.13. The number of aliphatic hydroxyl groups excluding tert-OH is 1. The predicted octanol–water partition coefficient (Wildman–Crippen LogP) is 2.75. The summed E-state index contributed by atoms with van der Waals surface area (Å²) in [5.74, 6) is 0. The van der Waals surface area contributed by atoms with Crippen LogP contribution >= 0.6 is 0 Å². The van der Waals surface area contributed by atoms with Crippen LogP contribution in [0.25, 0.3) is 0 Å². The fourth-order valence-corrected chi connectivity index (χ4v) is 0.971. The smallest absolute Gasteiger partial charge is 0.0484 e. The van der Waals surface area contributed by atoms with Crippen molar-refractivity contribution < 1.29 is 5.11 Å². The summed E-state index contributed by atoms with van der Waals surface area (Å²) in [6.45, 7) is 6.82. The molecule has 0 spiro atoms. The van der Waals surface area contributed by atoms with Gasteiger partial charge in [-0.2, -0.15) is 0 Å². The second kappa shape index (κ2) is 6.62. The summed E-state index contributed by atoms with van der Waals surface area (Å²) in [5, 5.41) is 9.01. The van der Waals surface area contributed by atoms with Crippen LogP contribution in [-0.2, 0) is 0 Å². The van der Waals surface area contributed by atoms with Gasteiger partial charge in [0.1, 0.15) is 0 Å². The zero-order valence-electron chi connectivity index (χ0n) is 8.19. The topological polar surface area (TPSA) is 55.2 Å². The number of rotatable bonds is 5. The van der Waals surface area contributed by atoms with E-state index < -0.39 is 0 Å². The summed E-state index contributed by atoms with van der Waals surface area (Å²) in [6, 6.07) is 0. The molecule has 0 bridgehead atoms. The number of hydrogen-bond acceptors (Lipinski definition) is 2. The average molecular weight is 161 g/mol. The second-order valence-corrected chi connectivity index (χ2v) is 3.43. The minimum Gasteiger partial charge on any atom is -0.396 e. The molecule has 0 aliphatic carbocycles. The van der Waals surface area contributed by atoms with E-state index in [-0.39, 0.29) is 11.6 Å². The standard InChI is InChI=1S/C9H20O.H3N/c1-4-6-7-9(3,5-2)8-10;/h10H,4-8H2,1-3H3;1H3. The van der Waals surface area contributed by atoms with Gasteiger partial charge in [-0.25, -0.2) is 0 Å². The molecule has 70 valence electrons. The van der Waals surface area contributed by atoms with Gasteiger partial charge in [-0.3, -0.25) is 0 Å². The van der Waals surface area contributed by atoms with E-state index in [2.05, 4.69) is 20.8 Å². The van der Waals surface area contributed by atoms with Gasteiger partial charge in [-0.1, -0.05) is 33.6 Å². The SMILES string of the molecule is CCCCC(C)(CC)CO.N. The molecule has 4 N–H and O–H groups in total. The van der Waals surface area contributed by atoms with Gasteiger partial charge in [0.25, 0.3) is 0 Å². The van der Waals surface area contributed by atoms with Crippen molar-refractivity contribution in [3.05, 3.63) is 0 Å². The molecule has 0 aromatic rings. The molecular formula is C9H23NO. The molecule has 0 heterocycles. The normalized spacial score (nSPS) is 15.3. The van der Waals surface area contributed by atoms with Crippen LogP contribution in [-0.4, -0.2) is 11.7 Å². The third kappa shape index (κ3) is 5.22. The third-order valence-corrected chi connectivity index (χ3v) is 2.37. The average Bonchev–Trinajstić information content (AvgIpc) is 2.00. The minimum absolute atomic E-state index is 0. The van der Waals surface area contributed by atoms with E-state index in [1.54, 1.807) is 0 Å². The Bertz CT molecular complexity index is 79.6. The van der Waals surface area contributed by atoms with Gasteiger partial charge in [0.2, 0.25) is 0 Å². The summed E-state index contributed by atoms with van der Waals surface area (Å²) in [7, 11) is 0. The fraction of sp³-hybridized carbons (Fsp3) is 1.00. The van der Waals surface area contributed by atoms with Gasteiger partial charge in [0.15, 0.2) is 0 Å². The largest absolute Gasteiger partial charge is 0.396 e. The molecule has 0 fully saturated rings. The summed E-state index contributed by atoms with van der Waals surface area (Å²) < 4.78 is 0. The Morgan fingerprint density at radius 1 is 1.27 bits per heavy atom. The monoisotopic (exact) mass is 161 g/mol. The van der Waals surface area contributed by atoms with E-state index in [4.69, 9.17) is 5.11 Å². The van der Waals surface area contributed by atoms with Crippen molar-refractivity contribution in [2.45, 2.75) is 46.5 Å². The van der Waals surface area contributed by atoms with Crippen LogP contribution < -0.4 is 6.15 Å². The molecular weight excluding hydrogens is 138 g/mol. The molecule has 0 rings (SSSR count). The zero-order valence-corrected chi connectivity index (χ0v) is 8.19. The quantitative estimate of drug-likeness (QED) is 0.651. The third-order valence-electron chi connectivity index (χ3n) is 2.37. The van der Waals surface area contributed by atoms with Crippen molar-refractivity contribution in [1.82, 2.24) is 6.15 Å². The van der Waals surface area contributed by atoms with Crippen molar-refractivity contribution in [2.75, 3.05) is 6.61 Å². The van der Waals surface area contributed by atoms with Gasteiger partial charge in [0, 0.05) is 6.61 Å². The molecule has 0 aromatic carbocycles. The maximum absolute atomic E-state index is 9.01. The lowest BCUT2D eigenvalue weighted by Gasteiger charge is -2.24. The van der Waals surface area contributed by atoms with Gasteiger partial charge in [-0.05, 0) is 18.3 Å². The van der Waals surface area contributed by atoms with Crippen LogP contribution in [0.5, 0.6) is 0 Å². The van der Waals surface area contributed by atoms with Gasteiger partial charge in [0.05, 0.1) is 0 Å². The highest BCUT2D eigenvalue weighted by Crippen LogP contribution is 2.26. The molecule has 1 unspecified atom stereocenters. The number of aliphatic hydroxyl groups is 1. The molecule has 0 amide bonds. The Morgan fingerprint density at radius 2 is 1.82 bits per heavy atom. The Morgan fingerprint density at radius 3 is 2.09 bits per heavy atom. The van der Waals surface area contributed by atoms with Crippen molar-refractivity contribution in [2.24, 2.45) is 5.41 Å². The molecule has 2 nitrogen and oxygen atoms in total. The van der Waals surface area contributed by atoms with Crippen LogP contribution in [0.1, 0.15) is 46.5 Å². The summed E-state index contributed by atoms with van der Waals surface area (Å²) >= 11 is 0. The summed E-state index contributed by atoms with van der Waals surface area (Å²) in [4.78, 5) is 0. The van der Waals surface area contributed by atoms with Crippen molar-refractivity contribution in [3.8, 4) is 0 Å². The Labute approximate surface area is 70.6 Å². The number of unbranched alkanes of at least 4 members (excludes halogenated alkanes) is 1. The van der Waals surface area contributed by atoms with Crippen molar-refractivity contribution in [3.63, 3.8) is 0 Å². The molecule has 0 radical (unpaired) electrons. The zero-order chi connectivity index (χ0) is 8.04. The highest BCUT2D eigenvalue weighted by atomic mass is 16.3. The first-order chi connectivity index (χ1) is 4.68. The summed E-state index contributed by atoms with van der Waals surface area (Å²) in [6.07, 6.45) is 4.72. The molecule has 0 aliphatic rings. The second-order valence-electron chi connectivity index (χ2n) is 3.43. The van der Waals surface area contributed by atoms with Crippen LogP contribution in [0.3, 0.4) is 0 Å². The molecule has 0 aliphatic heterocycles. The molecule has 2 heteroatoms. The first-order valence-electron chi connectivity index (χ1n) is 4.29. The van der Waals surface area contributed by atoms with Crippen LogP contribution in [0.15, 0.2) is 0 Å². The van der Waals surface area contributed by atoms with Crippen molar-refractivity contribution >= 4 is 0 Å². The van der Waals surface area contributed by atoms with E-state index in [1.807, 2.05) is 0 Å².